The number of carboxylic acids is 1. The second-order valence-electron chi connectivity index (χ2n) is 5.59. The van der Waals surface area contributed by atoms with E-state index in [9.17, 15) is 23.1 Å². The lowest BCUT2D eigenvalue weighted by atomic mass is 9.89. The Bertz CT molecular complexity index is 694. The fourth-order valence-electron chi connectivity index (χ4n) is 2.13. The summed E-state index contributed by atoms with van der Waals surface area (Å²) in [7, 11) is 0. The second-order valence-corrected chi connectivity index (χ2v) is 5.59. The van der Waals surface area contributed by atoms with Gasteiger partial charge in [0, 0.05) is 17.5 Å². The average molecular weight is 298 g/mol. The Balaban J connectivity index is 2.80. The monoisotopic (exact) mass is 298 g/mol. The van der Waals surface area contributed by atoms with Gasteiger partial charge in [-0.25, -0.2) is 22.6 Å². The van der Waals surface area contributed by atoms with Gasteiger partial charge in [0.2, 0.25) is 0 Å². The predicted molar refractivity (Wildman–Crippen MR) is 69.1 cm³/mol. The van der Waals surface area contributed by atoms with Crippen LogP contribution in [0.15, 0.2) is 18.3 Å². The third-order valence-electron chi connectivity index (χ3n) is 2.90. The van der Waals surface area contributed by atoms with E-state index < -0.39 is 34.5 Å². The third kappa shape index (κ3) is 2.63. The quantitative estimate of drug-likeness (QED) is 0.925. The topological polar surface area (TPSA) is 55.1 Å². The minimum atomic E-state index is -1.26. The van der Waals surface area contributed by atoms with E-state index in [-0.39, 0.29) is 11.3 Å². The van der Waals surface area contributed by atoms with Crippen molar-refractivity contribution in [2.45, 2.75) is 26.2 Å². The van der Waals surface area contributed by atoms with E-state index in [0.29, 0.717) is 12.1 Å². The van der Waals surface area contributed by atoms with Crippen molar-refractivity contribution in [1.82, 2.24) is 9.78 Å². The van der Waals surface area contributed by atoms with Gasteiger partial charge in [-0.2, -0.15) is 5.10 Å². The normalized spacial score (nSPS) is 11.7. The van der Waals surface area contributed by atoms with Crippen LogP contribution in [0.3, 0.4) is 0 Å². The van der Waals surface area contributed by atoms with E-state index in [1.807, 2.05) is 0 Å². The number of nitrogens with zero attached hydrogens (tertiary/aromatic N) is 2. The predicted octanol–water partition coefficient (Wildman–Crippen LogP) is 3.29. The Kier molecular flexibility index (Phi) is 3.52. The molecule has 0 saturated carbocycles. The number of hydrogen-bond donors (Lipinski definition) is 1. The molecule has 0 fully saturated rings. The molecule has 21 heavy (non-hydrogen) atoms. The molecule has 0 amide bonds. The molecule has 2 aromatic rings. The molecule has 1 heterocycles. The molecule has 0 aliphatic carbocycles. The minimum Gasteiger partial charge on any atom is -0.478 e. The summed E-state index contributed by atoms with van der Waals surface area (Å²) in [5.74, 6) is -4.62. The number of carboxylic acid groups (broad SMARTS) is 1. The highest BCUT2D eigenvalue weighted by Crippen LogP contribution is 2.30. The van der Waals surface area contributed by atoms with Crippen molar-refractivity contribution >= 4 is 5.97 Å². The Morgan fingerprint density at radius 3 is 2.14 bits per heavy atom. The molecule has 0 radical (unpaired) electrons. The van der Waals surface area contributed by atoms with Crippen molar-refractivity contribution in [3.8, 4) is 5.69 Å². The summed E-state index contributed by atoms with van der Waals surface area (Å²) in [6.07, 6.45) is 1.02. The van der Waals surface area contributed by atoms with Crippen LogP contribution in [0.5, 0.6) is 0 Å². The van der Waals surface area contributed by atoms with Gasteiger partial charge in [0.05, 0.1) is 11.9 Å². The minimum absolute atomic E-state index is 0.124. The highest BCUT2D eigenvalue weighted by atomic mass is 19.1. The zero-order chi connectivity index (χ0) is 15.9. The summed E-state index contributed by atoms with van der Waals surface area (Å²) >= 11 is 0. The lowest BCUT2D eigenvalue weighted by Crippen LogP contribution is -2.22. The first kappa shape index (κ1) is 15.1. The summed E-state index contributed by atoms with van der Waals surface area (Å²) < 4.78 is 41.6. The molecule has 0 atom stereocenters. The summed E-state index contributed by atoms with van der Waals surface area (Å²) in [6, 6.07) is 1.04. The Labute approximate surface area is 118 Å². The van der Waals surface area contributed by atoms with Crippen molar-refractivity contribution in [3.63, 3.8) is 0 Å². The molecule has 0 bridgehead atoms. The second kappa shape index (κ2) is 4.91. The first-order valence-electron chi connectivity index (χ1n) is 6.09. The fourth-order valence-corrected chi connectivity index (χ4v) is 2.13. The highest BCUT2D eigenvalue weighted by Gasteiger charge is 2.30. The van der Waals surface area contributed by atoms with Crippen molar-refractivity contribution in [2.24, 2.45) is 0 Å². The van der Waals surface area contributed by atoms with Gasteiger partial charge >= 0.3 is 5.97 Å². The maximum Gasteiger partial charge on any atom is 0.339 e. The van der Waals surface area contributed by atoms with E-state index in [4.69, 9.17) is 0 Å². The number of hydrogen-bond acceptors (Lipinski definition) is 2. The molecular formula is C14H13F3N2O2. The smallest absolute Gasteiger partial charge is 0.339 e. The largest absolute Gasteiger partial charge is 0.478 e. The van der Waals surface area contributed by atoms with Crippen molar-refractivity contribution in [1.29, 1.82) is 0 Å². The van der Waals surface area contributed by atoms with Crippen LogP contribution in [-0.4, -0.2) is 20.9 Å². The third-order valence-corrected chi connectivity index (χ3v) is 2.90. The molecule has 0 aliphatic heterocycles. The Hall–Kier alpha value is -2.31. The van der Waals surface area contributed by atoms with Gasteiger partial charge in [-0.05, 0) is 0 Å². The van der Waals surface area contributed by atoms with Crippen LogP contribution >= 0.6 is 0 Å². The molecule has 0 aliphatic rings. The zero-order valence-electron chi connectivity index (χ0n) is 11.6. The molecule has 4 nitrogen and oxygen atoms in total. The molecule has 1 N–H and O–H groups in total. The van der Waals surface area contributed by atoms with E-state index in [1.165, 1.54) is 0 Å². The zero-order valence-corrected chi connectivity index (χ0v) is 11.6. The molecule has 1 aromatic carbocycles. The molecule has 0 saturated heterocycles. The van der Waals surface area contributed by atoms with E-state index in [2.05, 4.69) is 5.10 Å². The molecule has 112 valence electrons. The maximum atomic E-state index is 13.9. The van der Waals surface area contributed by atoms with Gasteiger partial charge in [-0.15, -0.1) is 0 Å². The van der Waals surface area contributed by atoms with Gasteiger partial charge in [-0.1, -0.05) is 20.8 Å². The van der Waals surface area contributed by atoms with Gasteiger partial charge in [0.1, 0.15) is 17.1 Å². The average Bonchev–Trinajstić information content (AvgIpc) is 2.71. The van der Waals surface area contributed by atoms with Gasteiger partial charge in [-0.3, -0.25) is 0 Å². The van der Waals surface area contributed by atoms with E-state index in [0.717, 1.165) is 10.9 Å². The summed E-state index contributed by atoms with van der Waals surface area (Å²) in [5.41, 5.74) is -1.38. The van der Waals surface area contributed by atoms with Crippen molar-refractivity contribution < 1.29 is 23.1 Å². The molecular weight excluding hydrogens is 285 g/mol. The van der Waals surface area contributed by atoms with E-state index in [1.54, 1.807) is 20.8 Å². The van der Waals surface area contributed by atoms with Crippen LogP contribution in [0, 0.1) is 17.5 Å². The highest BCUT2D eigenvalue weighted by molar-refractivity contribution is 5.89. The number of aromatic nitrogens is 2. The van der Waals surface area contributed by atoms with Crippen LogP contribution in [0.25, 0.3) is 5.69 Å². The maximum absolute atomic E-state index is 13.9. The van der Waals surface area contributed by atoms with Gasteiger partial charge < -0.3 is 5.11 Å². The summed E-state index contributed by atoms with van der Waals surface area (Å²) in [5, 5.41) is 12.9. The van der Waals surface area contributed by atoms with Crippen LogP contribution < -0.4 is 0 Å². The van der Waals surface area contributed by atoms with Gasteiger partial charge in [0.15, 0.2) is 11.6 Å². The molecule has 7 heteroatoms. The Morgan fingerprint density at radius 1 is 1.19 bits per heavy atom. The van der Waals surface area contributed by atoms with E-state index >= 15 is 0 Å². The number of rotatable bonds is 2. The van der Waals surface area contributed by atoms with Crippen LogP contribution in [0.4, 0.5) is 13.2 Å². The first-order chi connectivity index (χ1) is 9.62. The molecule has 2 rings (SSSR count). The van der Waals surface area contributed by atoms with Crippen molar-refractivity contribution in [2.75, 3.05) is 0 Å². The lowest BCUT2D eigenvalue weighted by molar-refractivity contribution is 0.0694. The first-order valence-corrected chi connectivity index (χ1v) is 6.09. The molecule has 0 unspecified atom stereocenters. The number of aromatic carboxylic acids is 1. The number of benzene rings is 1. The summed E-state index contributed by atoms with van der Waals surface area (Å²) in [4.78, 5) is 11.2. The summed E-state index contributed by atoms with van der Waals surface area (Å²) in [6.45, 7) is 5.06. The van der Waals surface area contributed by atoms with Crippen LogP contribution in [-0.2, 0) is 5.41 Å². The molecule has 0 spiro atoms. The lowest BCUT2D eigenvalue weighted by Gasteiger charge is -2.22. The molecule has 1 aromatic heterocycles. The fraction of sp³-hybridized carbons (Fsp3) is 0.286. The Morgan fingerprint density at radius 2 is 1.71 bits per heavy atom. The van der Waals surface area contributed by atoms with Gasteiger partial charge in [0.25, 0.3) is 0 Å². The number of carbonyl (C=O) groups is 1. The van der Waals surface area contributed by atoms with Crippen LogP contribution in [0.1, 0.15) is 36.8 Å². The standard InChI is InChI=1S/C14H13F3N2O2/c1-14(2,3)12-8(13(20)21)6-18-19(12)11-9(16)4-7(15)5-10(11)17/h4-6H,1-3H3,(H,20,21). The van der Waals surface area contributed by atoms with Crippen LogP contribution in [0.2, 0.25) is 0 Å². The SMILES string of the molecule is CC(C)(C)c1c(C(=O)O)cnn1-c1c(F)cc(F)cc1F. The number of halogens is 3. The van der Waals surface area contributed by atoms with Crippen molar-refractivity contribution in [3.05, 3.63) is 47.0 Å².